The van der Waals surface area contributed by atoms with E-state index >= 15 is 0 Å². The van der Waals surface area contributed by atoms with Crippen LogP contribution in [0.25, 0.3) is 0 Å². The SMILES string of the molecule is CC(C)NC(=O)OC(C)(C)C.CCNC. The maximum atomic E-state index is 10.9. The zero-order chi connectivity index (χ0) is 12.5. The largest absolute Gasteiger partial charge is 0.444 e. The molecule has 0 aromatic rings. The number of hydrogen-bond acceptors (Lipinski definition) is 3. The van der Waals surface area contributed by atoms with E-state index in [1.807, 2.05) is 41.7 Å². The first-order chi connectivity index (χ1) is 6.72. The van der Waals surface area contributed by atoms with Crippen molar-refractivity contribution in [2.45, 2.75) is 53.2 Å². The molecule has 0 aliphatic heterocycles. The molecule has 4 nitrogen and oxygen atoms in total. The Kier molecular flexibility index (Phi) is 9.47. The summed E-state index contributed by atoms with van der Waals surface area (Å²) in [7, 11) is 1.93. The molecular formula is C11H26N2O2. The number of hydrogen-bond donors (Lipinski definition) is 2. The molecule has 0 unspecified atom stereocenters. The molecule has 0 spiro atoms. The van der Waals surface area contributed by atoms with Gasteiger partial charge in [-0.2, -0.15) is 0 Å². The predicted octanol–water partition coefficient (Wildman–Crippen LogP) is 2.15. The van der Waals surface area contributed by atoms with Crippen molar-refractivity contribution in [3.63, 3.8) is 0 Å². The molecule has 0 fully saturated rings. The van der Waals surface area contributed by atoms with Crippen molar-refractivity contribution in [3.8, 4) is 0 Å². The van der Waals surface area contributed by atoms with E-state index in [0.717, 1.165) is 6.54 Å². The summed E-state index contributed by atoms with van der Waals surface area (Å²) in [6, 6.07) is 0.129. The zero-order valence-corrected chi connectivity index (χ0v) is 11.1. The molecule has 92 valence electrons. The Morgan fingerprint density at radius 2 is 1.73 bits per heavy atom. The number of ether oxygens (including phenoxy) is 1. The molecule has 0 aromatic heterocycles. The van der Waals surface area contributed by atoms with Gasteiger partial charge in [-0.15, -0.1) is 0 Å². The minimum absolute atomic E-state index is 0.129. The molecule has 4 heteroatoms. The zero-order valence-electron chi connectivity index (χ0n) is 11.1. The van der Waals surface area contributed by atoms with Crippen molar-refractivity contribution in [2.24, 2.45) is 0 Å². The fourth-order valence-corrected chi connectivity index (χ4v) is 0.543. The first-order valence-electron chi connectivity index (χ1n) is 5.37. The van der Waals surface area contributed by atoms with E-state index in [0.29, 0.717) is 0 Å². The van der Waals surface area contributed by atoms with E-state index < -0.39 is 5.60 Å². The van der Waals surface area contributed by atoms with Crippen LogP contribution in [-0.2, 0) is 4.74 Å². The summed E-state index contributed by atoms with van der Waals surface area (Å²) < 4.78 is 5.00. The van der Waals surface area contributed by atoms with Gasteiger partial charge in [-0.05, 0) is 48.2 Å². The van der Waals surface area contributed by atoms with Crippen LogP contribution in [-0.4, -0.2) is 31.3 Å². The van der Waals surface area contributed by atoms with Crippen molar-refractivity contribution in [2.75, 3.05) is 13.6 Å². The van der Waals surface area contributed by atoms with Crippen LogP contribution in [0.1, 0.15) is 41.5 Å². The molecule has 0 rings (SSSR count). The van der Waals surface area contributed by atoms with Crippen molar-refractivity contribution >= 4 is 6.09 Å². The van der Waals surface area contributed by atoms with Crippen LogP contribution in [0.4, 0.5) is 4.79 Å². The van der Waals surface area contributed by atoms with Crippen LogP contribution in [0.2, 0.25) is 0 Å². The highest BCUT2D eigenvalue weighted by atomic mass is 16.6. The summed E-state index contributed by atoms with van der Waals surface area (Å²) in [4.78, 5) is 10.9. The van der Waals surface area contributed by atoms with E-state index in [1.165, 1.54) is 0 Å². The molecule has 0 atom stereocenters. The van der Waals surface area contributed by atoms with Crippen molar-refractivity contribution in [3.05, 3.63) is 0 Å². The summed E-state index contributed by atoms with van der Waals surface area (Å²) in [6.07, 6.45) is -0.354. The second-order valence-electron chi connectivity index (χ2n) is 4.51. The molecule has 0 aliphatic rings. The fraction of sp³-hybridized carbons (Fsp3) is 0.909. The molecule has 0 aliphatic carbocycles. The van der Waals surface area contributed by atoms with Gasteiger partial charge in [-0.1, -0.05) is 6.92 Å². The van der Waals surface area contributed by atoms with Gasteiger partial charge in [-0.25, -0.2) is 4.79 Å². The third kappa shape index (κ3) is 19.6. The van der Waals surface area contributed by atoms with Gasteiger partial charge in [-0.3, -0.25) is 0 Å². The summed E-state index contributed by atoms with van der Waals surface area (Å²) in [5.74, 6) is 0. The van der Waals surface area contributed by atoms with Gasteiger partial charge >= 0.3 is 6.09 Å². The van der Waals surface area contributed by atoms with E-state index in [1.54, 1.807) is 0 Å². The summed E-state index contributed by atoms with van der Waals surface area (Å²) in [5, 5.41) is 5.57. The molecule has 15 heavy (non-hydrogen) atoms. The molecule has 0 saturated carbocycles. The molecule has 0 saturated heterocycles. The average molecular weight is 218 g/mol. The van der Waals surface area contributed by atoms with Gasteiger partial charge < -0.3 is 15.4 Å². The monoisotopic (exact) mass is 218 g/mol. The van der Waals surface area contributed by atoms with Crippen LogP contribution in [0.15, 0.2) is 0 Å². The molecular weight excluding hydrogens is 192 g/mol. The second-order valence-corrected chi connectivity index (χ2v) is 4.51. The van der Waals surface area contributed by atoms with Crippen molar-refractivity contribution in [1.29, 1.82) is 0 Å². The molecule has 0 bridgehead atoms. The van der Waals surface area contributed by atoms with Crippen molar-refractivity contribution < 1.29 is 9.53 Å². The summed E-state index contributed by atoms with van der Waals surface area (Å²) >= 11 is 0. The van der Waals surface area contributed by atoms with Gasteiger partial charge in [0, 0.05) is 6.04 Å². The van der Waals surface area contributed by atoms with E-state index in [2.05, 4.69) is 17.6 Å². The Morgan fingerprint density at radius 1 is 1.33 bits per heavy atom. The number of alkyl carbamates (subject to hydrolysis) is 1. The lowest BCUT2D eigenvalue weighted by atomic mass is 10.2. The van der Waals surface area contributed by atoms with Crippen molar-refractivity contribution in [1.82, 2.24) is 10.6 Å². The van der Waals surface area contributed by atoms with E-state index in [-0.39, 0.29) is 12.1 Å². The smallest absolute Gasteiger partial charge is 0.407 e. The Balaban J connectivity index is 0. The Bertz CT molecular complexity index is 160. The summed E-state index contributed by atoms with van der Waals surface area (Å²) in [5.41, 5.74) is -0.404. The van der Waals surface area contributed by atoms with E-state index in [4.69, 9.17) is 4.74 Å². The first kappa shape index (κ1) is 16.7. The molecule has 2 N–H and O–H groups in total. The molecule has 0 radical (unpaired) electrons. The van der Waals surface area contributed by atoms with Crippen LogP contribution >= 0.6 is 0 Å². The maximum absolute atomic E-state index is 10.9. The normalized spacial score (nSPS) is 10.4. The molecule has 0 aromatic carbocycles. The quantitative estimate of drug-likeness (QED) is 0.746. The third-order valence-electron chi connectivity index (χ3n) is 1.16. The maximum Gasteiger partial charge on any atom is 0.407 e. The van der Waals surface area contributed by atoms with Gasteiger partial charge in [0.2, 0.25) is 0 Å². The van der Waals surface area contributed by atoms with Crippen LogP contribution in [0.3, 0.4) is 0 Å². The van der Waals surface area contributed by atoms with Crippen LogP contribution < -0.4 is 10.6 Å². The minimum atomic E-state index is -0.404. The van der Waals surface area contributed by atoms with Gasteiger partial charge in [0.1, 0.15) is 5.60 Å². The first-order valence-corrected chi connectivity index (χ1v) is 5.37. The average Bonchev–Trinajstić information content (AvgIpc) is 1.99. The molecule has 1 amide bonds. The number of nitrogens with one attached hydrogen (secondary N) is 2. The third-order valence-corrected chi connectivity index (χ3v) is 1.16. The lowest BCUT2D eigenvalue weighted by molar-refractivity contribution is 0.0512. The number of carbonyl (C=O) groups excluding carboxylic acids is 1. The second kappa shape index (κ2) is 8.53. The van der Waals surface area contributed by atoms with E-state index in [9.17, 15) is 4.79 Å². The van der Waals surface area contributed by atoms with Gasteiger partial charge in [0.15, 0.2) is 0 Å². The topological polar surface area (TPSA) is 50.4 Å². The highest BCUT2D eigenvalue weighted by molar-refractivity contribution is 5.67. The van der Waals surface area contributed by atoms with Gasteiger partial charge in [0.05, 0.1) is 0 Å². The van der Waals surface area contributed by atoms with Crippen LogP contribution in [0, 0.1) is 0 Å². The number of carbonyl (C=O) groups is 1. The standard InChI is InChI=1S/C8H17NO2.C3H9N/c1-6(2)9-7(10)11-8(3,4)5;1-3-4-2/h6H,1-5H3,(H,9,10);4H,3H2,1-2H3. The lowest BCUT2D eigenvalue weighted by Crippen LogP contribution is -2.36. The van der Waals surface area contributed by atoms with Gasteiger partial charge in [0.25, 0.3) is 0 Å². The molecule has 0 heterocycles. The minimum Gasteiger partial charge on any atom is -0.444 e. The van der Waals surface area contributed by atoms with Crippen LogP contribution in [0.5, 0.6) is 0 Å². The number of rotatable bonds is 2. The Labute approximate surface area is 93.8 Å². The highest BCUT2D eigenvalue weighted by Gasteiger charge is 2.15. The predicted molar refractivity (Wildman–Crippen MR) is 64.1 cm³/mol. The Hall–Kier alpha value is -0.770. The lowest BCUT2D eigenvalue weighted by Gasteiger charge is -2.20. The highest BCUT2D eigenvalue weighted by Crippen LogP contribution is 2.06. The fourth-order valence-electron chi connectivity index (χ4n) is 0.543. The Morgan fingerprint density at radius 3 is 1.93 bits per heavy atom. The number of amides is 1. The summed E-state index contributed by atoms with van der Waals surface area (Å²) in [6.45, 7) is 12.4.